The molecule has 0 aromatic heterocycles. The van der Waals surface area contributed by atoms with Gasteiger partial charge in [-0.2, -0.15) is 0 Å². The van der Waals surface area contributed by atoms with E-state index in [1.807, 2.05) is 0 Å². The summed E-state index contributed by atoms with van der Waals surface area (Å²) in [5.41, 5.74) is 1.13. The molecule has 1 atom stereocenters. The van der Waals surface area contributed by atoms with E-state index >= 15 is 0 Å². The minimum Gasteiger partial charge on any atom is -0.378 e. The molecule has 1 aliphatic heterocycles. The number of nitrogens with one attached hydrogen (secondary N) is 1. The molecule has 1 aromatic rings. The minimum absolute atomic E-state index is 0.118. The summed E-state index contributed by atoms with van der Waals surface area (Å²) in [5.74, 6) is -0.252. The number of benzene rings is 1. The molecule has 1 heterocycles. The minimum atomic E-state index is -3.63. The van der Waals surface area contributed by atoms with Crippen molar-refractivity contribution in [3.63, 3.8) is 0 Å². The third-order valence-corrected chi connectivity index (χ3v) is 7.53. The van der Waals surface area contributed by atoms with Crippen LogP contribution in [-0.2, 0) is 14.8 Å². The third-order valence-electron chi connectivity index (χ3n) is 5.72. The van der Waals surface area contributed by atoms with Crippen LogP contribution in [-0.4, -0.2) is 89.6 Å². The SMILES string of the molecule is CC(CNC(=O)c1cc(S(=O)(=O)N(C)C)ccc1N1CCOCC1)N(C)C1CC1. The van der Waals surface area contributed by atoms with Crippen LogP contribution in [0.4, 0.5) is 5.69 Å². The number of nitrogens with zero attached hydrogens (tertiary/aromatic N) is 3. The van der Waals surface area contributed by atoms with E-state index in [4.69, 9.17) is 4.74 Å². The predicted molar refractivity (Wildman–Crippen MR) is 113 cm³/mol. The Labute approximate surface area is 173 Å². The Morgan fingerprint density at radius 3 is 2.48 bits per heavy atom. The fourth-order valence-electron chi connectivity index (χ4n) is 3.47. The standard InChI is InChI=1S/C20H32N4O4S/c1-15(23(4)16-5-6-16)14-21-20(25)18-13-17(29(26,27)22(2)3)7-8-19(18)24-9-11-28-12-10-24/h7-8,13,15-16H,5-6,9-12,14H2,1-4H3,(H,21,25). The van der Waals surface area contributed by atoms with Gasteiger partial charge in [-0.25, -0.2) is 12.7 Å². The number of hydrogen-bond donors (Lipinski definition) is 1. The molecule has 3 rings (SSSR count). The molecule has 1 amide bonds. The van der Waals surface area contributed by atoms with E-state index in [2.05, 4.69) is 29.1 Å². The second-order valence-electron chi connectivity index (χ2n) is 8.02. The molecule has 1 N–H and O–H groups in total. The zero-order valence-electron chi connectivity index (χ0n) is 17.7. The highest BCUT2D eigenvalue weighted by atomic mass is 32.2. The lowest BCUT2D eigenvalue weighted by Gasteiger charge is -2.31. The van der Waals surface area contributed by atoms with Crippen molar-refractivity contribution in [1.82, 2.24) is 14.5 Å². The molecule has 1 saturated carbocycles. The van der Waals surface area contributed by atoms with Crippen LogP contribution in [0.15, 0.2) is 23.1 Å². The van der Waals surface area contributed by atoms with E-state index in [0.29, 0.717) is 44.5 Å². The fraction of sp³-hybridized carbons (Fsp3) is 0.650. The Kier molecular flexibility index (Phi) is 6.83. The molecular formula is C20H32N4O4S. The normalized spacial score (nSPS) is 18.9. The van der Waals surface area contributed by atoms with E-state index in [1.54, 1.807) is 12.1 Å². The number of morpholine rings is 1. The molecule has 1 unspecified atom stereocenters. The molecule has 0 spiro atoms. The number of ether oxygens (including phenoxy) is 1. The van der Waals surface area contributed by atoms with Gasteiger partial charge in [0.25, 0.3) is 5.91 Å². The van der Waals surface area contributed by atoms with Gasteiger partial charge >= 0.3 is 0 Å². The van der Waals surface area contributed by atoms with Crippen LogP contribution in [0.2, 0.25) is 0 Å². The van der Waals surface area contributed by atoms with Gasteiger partial charge in [-0.05, 0) is 45.0 Å². The lowest BCUT2D eigenvalue weighted by molar-refractivity contribution is 0.0938. The zero-order valence-corrected chi connectivity index (χ0v) is 18.5. The van der Waals surface area contributed by atoms with Gasteiger partial charge in [0.1, 0.15) is 0 Å². The van der Waals surface area contributed by atoms with Crippen molar-refractivity contribution in [3.8, 4) is 0 Å². The van der Waals surface area contributed by atoms with E-state index < -0.39 is 10.0 Å². The number of rotatable bonds is 8. The smallest absolute Gasteiger partial charge is 0.253 e. The van der Waals surface area contributed by atoms with Gasteiger partial charge in [-0.1, -0.05) is 0 Å². The van der Waals surface area contributed by atoms with Crippen LogP contribution in [0.3, 0.4) is 0 Å². The monoisotopic (exact) mass is 424 g/mol. The van der Waals surface area contributed by atoms with Crippen molar-refractivity contribution in [3.05, 3.63) is 23.8 Å². The van der Waals surface area contributed by atoms with Crippen LogP contribution in [0.25, 0.3) is 0 Å². The maximum atomic E-state index is 13.1. The number of anilines is 1. The molecule has 29 heavy (non-hydrogen) atoms. The van der Waals surface area contributed by atoms with Crippen molar-refractivity contribution in [2.24, 2.45) is 0 Å². The zero-order chi connectivity index (χ0) is 21.2. The molecule has 162 valence electrons. The molecular weight excluding hydrogens is 392 g/mol. The molecule has 1 aliphatic carbocycles. The van der Waals surface area contributed by atoms with Gasteiger partial charge in [0.05, 0.1) is 23.7 Å². The summed E-state index contributed by atoms with van der Waals surface area (Å²) in [6.07, 6.45) is 2.42. The summed E-state index contributed by atoms with van der Waals surface area (Å²) in [6.45, 7) is 5.11. The molecule has 2 aliphatic rings. The third kappa shape index (κ3) is 5.09. The Balaban J connectivity index is 1.84. The summed E-state index contributed by atoms with van der Waals surface area (Å²) in [4.78, 5) is 17.6. The lowest BCUT2D eigenvalue weighted by Crippen LogP contribution is -2.42. The largest absolute Gasteiger partial charge is 0.378 e. The van der Waals surface area contributed by atoms with E-state index in [9.17, 15) is 13.2 Å². The van der Waals surface area contributed by atoms with E-state index in [-0.39, 0.29) is 16.8 Å². The van der Waals surface area contributed by atoms with Crippen LogP contribution in [0, 0.1) is 0 Å². The predicted octanol–water partition coefficient (Wildman–Crippen LogP) is 0.986. The van der Waals surface area contributed by atoms with Crippen molar-refractivity contribution in [2.75, 3.05) is 58.9 Å². The van der Waals surface area contributed by atoms with E-state index in [1.165, 1.54) is 33.0 Å². The summed E-state index contributed by atoms with van der Waals surface area (Å²) < 4.78 is 31.7. The van der Waals surface area contributed by atoms with Gasteiger partial charge in [-0.3, -0.25) is 9.69 Å². The van der Waals surface area contributed by atoms with Crippen LogP contribution >= 0.6 is 0 Å². The van der Waals surface area contributed by atoms with Crippen molar-refractivity contribution in [2.45, 2.75) is 36.7 Å². The average Bonchev–Trinajstić information content (AvgIpc) is 3.56. The van der Waals surface area contributed by atoms with Gasteiger partial charge in [0, 0.05) is 51.5 Å². The first-order chi connectivity index (χ1) is 13.7. The van der Waals surface area contributed by atoms with E-state index in [0.717, 1.165) is 9.99 Å². The topological polar surface area (TPSA) is 82.2 Å². The first kappa shape index (κ1) is 22.0. The maximum Gasteiger partial charge on any atom is 0.253 e. The molecule has 9 heteroatoms. The summed E-state index contributed by atoms with van der Waals surface area (Å²) >= 11 is 0. The quantitative estimate of drug-likeness (QED) is 0.670. The highest BCUT2D eigenvalue weighted by Gasteiger charge is 2.30. The lowest BCUT2D eigenvalue weighted by atomic mass is 10.1. The number of amides is 1. The van der Waals surface area contributed by atoms with Gasteiger partial charge < -0.3 is 15.0 Å². The molecule has 8 nitrogen and oxygen atoms in total. The van der Waals surface area contributed by atoms with Gasteiger partial charge in [0.15, 0.2) is 0 Å². The van der Waals surface area contributed by atoms with Gasteiger partial charge in [-0.15, -0.1) is 0 Å². The molecule has 0 bridgehead atoms. The number of sulfonamides is 1. The fourth-order valence-corrected chi connectivity index (χ4v) is 4.40. The summed E-state index contributed by atoms with van der Waals surface area (Å²) in [7, 11) is 1.43. The number of hydrogen-bond acceptors (Lipinski definition) is 6. The first-order valence-corrected chi connectivity index (χ1v) is 11.5. The van der Waals surface area contributed by atoms with Crippen LogP contribution < -0.4 is 10.2 Å². The maximum absolute atomic E-state index is 13.1. The van der Waals surface area contributed by atoms with Crippen LogP contribution in [0.1, 0.15) is 30.1 Å². The first-order valence-electron chi connectivity index (χ1n) is 10.1. The summed E-state index contributed by atoms with van der Waals surface area (Å²) in [6, 6.07) is 5.62. The Bertz CT molecular complexity index is 833. The summed E-state index contributed by atoms with van der Waals surface area (Å²) in [5, 5.41) is 3.00. The Morgan fingerprint density at radius 2 is 1.90 bits per heavy atom. The van der Waals surface area contributed by atoms with Gasteiger partial charge in [0.2, 0.25) is 10.0 Å². The van der Waals surface area contributed by atoms with Crippen LogP contribution in [0.5, 0.6) is 0 Å². The van der Waals surface area contributed by atoms with Crippen molar-refractivity contribution >= 4 is 21.6 Å². The molecule has 2 fully saturated rings. The Morgan fingerprint density at radius 1 is 1.24 bits per heavy atom. The second kappa shape index (κ2) is 8.99. The Hall–Kier alpha value is -1.68. The average molecular weight is 425 g/mol. The molecule has 1 aromatic carbocycles. The van der Waals surface area contributed by atoms with Crippen molar-refractivity contribution < 1.29 is 17.9 Å². The number of likely N-dealkylation sites (N-methyl/N-ethyl adjacent to an activating group) is 1. The van der Waals surface area contributed by atoms with Crippen molar-refractivity contribution in [1.29, 1.82) is 0 Å². The second-order valence-corrected chi connectivity index (χ2v) is 10.2. The highest BCUT2D eigenvalue weighted by Crippen LogP contribution is 2.28. The number of carbonyl (C=O) groups is 1. The highest BCUT2D eigenvalue weighted by molar-refractivity contribution is 7.89. The molecule has 0 radical (unpaired) electrons. The number of carbonyl (C=O) groups excluding carboxylic acids is 1. The molecule has 1 saturated heterocycles.